The summed E-state index contributed by atoms with van der Waals surface area (Å²) in [5, 5.41) is 3.09. The molecule has 2 aromatic rings. The number of ether oxygens (including phenoxy) is 1. The summed E-state index contributed by atoms with van der Waals surface area (Å²) in [7, 11) is 0. The van der Waals surface area contributed by atoms with Gasteiger partial charge in [-0.2, -0.15) is 0 Å². The van der Waals surface area contributed by atoms with Crippen LogP contribution in [0, 0.1) is 13.8 Å². The zero-order chi connectivity index (χ0) is 17.6. The third-order valence-electron chi connectivity index (χ3n) is 4.12. The first-order valence-electron chi connectivity index (χ1n) is 8.52. The van der Waals surface area contributed by atoms with Crippen molar-refractivity contribution < 1.29 is 4.74 Å². The molecule has 0 saturated carbocycles. The highest BCUT2D eigenvalue weighted by Crippen LogP contribution is 2.19. The summed E-state index contributed by atoms with van der Waals surface area (Å²) >= 11 is 1.67. The molecule has 1 aliphatic rings. The smallest absolute Gasteiger partial charge is 0.191 e. The number of nitrogens with two attached hydrogens (primary N) is 1. The second-order valence-corrected chi connectivity index (χ2v) is 7.07. The molecule has 0 aliphatic carbocycles. The van der Waals surface area contributed by atoms with Gasteiger partial charge in [0.2, 0.25) is 0 Å². The lowest BCUT2D eigenvalue weighted by Crippen LogP contribution is -2.51. The maximum Gasteiger partial charge on any atom is 0.191 e. The van der Waals surface area contributed by atoms with Crippen molar-refractivity contribution in [3.05, 3.63) is 40.9 Å². The van der Waals surface area contributed by atoms with E-state index >= 15 is 0 Å². The van der Waals surface area contributed by atoms with Gasteiger partial charge in [-0.05, 0) is 37.1 Å². The number of anilines is 1. The largest absolute Gasteiger partial charge is 0.492 e. The lowest BCUT2D eigenvalue weighted by atomic mass is 10.1. The third-order valence-corrected chi connectivity index (χ3v) is 4.95. The van der Waals surface area contributed by atoms with E-state index in [1.807, 2.05) is 23.7 Å². The summed E-state index contributed by atoms with van der Waals surface area (Å²) in [4.78, 5) is 13.2. The number of aromatic nitrogens is 1. The van der Waals surface area contributed by atoms with Gasteiger partial charge in [0.25, 0.3) is 0 Å². The minimum absolute atomic E-state index is 0. The van der Waals surface area contributed by atoms with Gasteiger partial charge in [-0.1, -0.05) is 6.07 Å². The number of hydrogen-bond acceptors (Lipinski definition) is 5. The average molecular weight is 487 g/mol. The molecule has 2 heterocycles. The number of rotatable bonds is 5. The molecule has 0 radical (unpaired) electrons. The van der Waals surface area contributed by atoms with Crippen molar-refractivity contribution in [2.45, 2.75) is 13.8 Å². The van der Waals surface area contributed by atoms with E-state index in [9.17, 15) is 0 Å². The van der Waals surface area contributed by atoms with Crippen molar-refractivity contribution in [2.24, 2.45) is 10.7 Å². The van der Waals surface area contributed by atoms with Crippen LogP contribution in [0.5, 0.6) is 5.75 Å². The van der Waals surface area contributed by atoms with Crippen LogP contribution in [0.3, 0.4) is 0 Å². The minimum Gasteiger partial charge on any atom is -0.492 e. The number of aryl methyl sites for hydroxylation is 2. The van der Waals surface area contributed by atoms with E-state index in [0.717, 1.165) is 37.1 Å². The van der Waals surface area contributed by atoms with E-state index in [0.29, 0.717) is 19.1 Å². The SMILES string of the molecule is Cc1cc(C)cc(OCCN=C(N)N2CCN(c3nccs3)CC2)c1.I. The van der Waals surface area contributed by atoms with Crippen LogP contribution in [-0.2, 0) is 0 Å². The molecule has 0 atom stereocenters. The molecule has 3 rings (SSSR count). The molecular weight excluding hydrogens is 461 g/mol. The molecular formula is C18H26IN5OS. The van der Waals surface area contributed by atoms with Crippen molar-refractivity contribution >= 4 is 46.4 Å². The average Bonchev–Trinajstić information content (AvgIpc) is 3.12. The first-order chi connectivity index (χ1) is 12.1. The summed E-state index contributed by atoms with van der Waals surface area (Å²) in [6, 6.07) is 6.21. The first kappa shape index (κ1) is 20.8. The van der Waals surface area contributed by atoms with Crippen molar-refractivity contribution in [2.75, 3.05) is 44.2 Å². The number of guanidine groups is 1. The summed E-state index contributed by atoms with van der Waals surface area (Å²) in [5.74, 6) is 1.49. The number of thiazole rings is 1. The van der Waals surface area contributed by atoms with Gasteiger partial charge in [-0.15, -0.1) is 35.3 Å². The molecule has 0 unspecified atom stereocenters. The van der Waals surface area contributed by atoms with E-state index in [-0.39, 0.29) is 24.0 Å². The van der Waals surface area contributed by atoms with Gasteiger partial charge in [0, 0.05) is 37.8 Å². The van der Waals surface area contributed by atoms with Crippen molar-refractivity contribution in [1.82, 2.24) is 9.88 Å². The molecule has 6 nitrogen and oxygen atoms in total. The molecule has 142 valence electrons. The lowest BCUT2D eigenvalue weighted by Gasteiger charge is -2.35. The van der Waals surface area contributed by atoms with Gasteiger partial charge >= 0.3 is 0 Å². The predicted molar refractivity (Wildman–Crippen MR) is 119 cm³/mol. The van der Waals surface area contributed by atoms with Gasteiger partial charge in [0.1, 0.15) is 12.4 Å². The second kappa shape index (κ2) is 9.96. The summed E-state index contributed by atoms with van der Waals surface area (Å²) in [5.41, 5.74) is 8.54. The van der Waals surface area contributed by atoms with Gasteiger partial charge < -0.3 is 20.3 Å². The highest BCUT2D eigenvalue weighted by atomic mass is 127. The Morgan fingerprint density at radius 2 is 1.88 bits per heavy atom. The number of halogens is 1. The zero-order valence-electron chi connectivity index (χ0n) is 15.2. The summed E-state index contributed by atoms with van der Waals surface area (Å²) in [6.45, 7) is 8.81. The van der Waals surface area contributed by atoms with Crippen LogP contribution in [-0.4, -0.2) is 55.2 Å². The minimum atomic E-state index is 0. The molecule has 8 heteroatoms. The maximum absolute atomic E-state index is 6.13. The quantitative estimate of drug-likeness (QED) is 0.304. The Hall–Kier alpha value is -1.55. The molecule has 1 saturated heterocycles. The number of hydrogen-bond donors (Lipinski definition) is 1. The number of nitrogens with zero attached hydrogens (tertiary/aromatic N) is 4. The zero-order valence-corrected chi connectivity index (χ0v) is 18.4. The van der Waals surface area contributed by atoms with Crippen molar-refractivity contribution in [3.8, 4) is 5.75 Å². The molecule has 1 aromatic heterocycles. The third kappa shape index (κ3) is 5.73. The molecule has 0 spiro atoms. The Bertz CT molecular complexity index is 694. The summed E-state index contributed by atoms with van der Waals surface area (Å²) < 4.78 is 5.78. The Kier molecular flexibility index (Phi) is 7.95. The van der Waals surface area contributed by atoms with Gasteiger partial charge in [0.15, 0.2) is 11.1 Å². The highest BCUT2D eigenvalue weighted by Gasteiger charge is 2.19. The summed E-state index contributed by atoms with van der Waals surface area (Å²) in [6.07, 6.45) is 1.85. The van der Waals surface area contributed by atoms with E-state index in [1.165, 1.54) is 11.1 Å². The Morgan fingerprint density at radius 1 is 1.19 bits per heavy atom. The second-order valence-electron chi connectivity index (χ2n) is 6.20. The predicted octanol–water partition coefficient (Wildman–Crippen LogP) is 2.89. The first-order valence-corrected chi connectivity index (χ1v) is 9.40. The molecule has 1 fully saturated rings. The van der Waals surface area contributed by atoms with E-state index in [2.05, 4.69) is 39.7 Å². The van der Waals surface area contributed by atoms with E-state index < -0.39 is 0 Å². The van der Waals surface area contributed by atoms with Crippen molar-refractivity contribution in [1.29, 1.82) is 0 Å². The molecule has 26 heavy (non-hydrogen) atoms. The number of piperazine rings is 1. The van der Waals surface area contributed by atoms with Crippen LogP contribution in [0.15, 0.2) is 34.8 Å². The van der Waals surface area contributed by atoms with Crippen molar-refractivity contribution in [3.63, 3.8) is 0 Å². The van der Waals surface area contributed by atoms with Crippen LogP contribution in [0.25, 0.3) is 0 Å². The fourth-order valence-electron chi connectivity index (χ4n) is 2.94. The van der Waals surface area contributed by atoms with Crippen LogP contribution < -0.4 is 15.4 Å². The van der Waals surface area contributed by atoms with Crippen LogP contribution in [0.2, 0.25) is 0 Å². The van der Waals surface area contributed by atoms with E-state index in [4.69, 9.17) is 10.5 Å². The molecule has 1 aromatic carbocycles. The lowest BCUT2D eigenvalue weighted by molar-refractivity contribution is 0.325. The van der Waals surface area contributed by atoms with Crippen LogP contribution >= 0.6 is 35.3 Å². The Labute approximate surface area is 176 Å². The number of aliphatic imine (C=N–C) groups is 1. The van der Waals surface area contributed by atoms with E-state index in [1.54, 1.807) is 11.3 Å². The fraction of sp³-hybridized carbons (Fsp3) is 0.444. The highest BCUT2D eigenvalue weighted by molar-refractivity contribution is 14.0. The Morgan fingerprint density at radius 3 is 2.50 bits per heavy atom. The molecule has 1 aliphatic heterocycles. The monoisotopic (exact) mass is 487 g/mol. The topological polar surface area (TPSA) is 67.0 Å². The van der Waals surface area contributed by atoms with Crippen LogP contribution in [0.4, 0.5) is 5.13 Å². The fourth-order valence-corrected chi connectivity index (χ4v) is 3.64. The van der Waals surface area contributed by atoms with Crippen LogP contribution in [0.1, 0.15) is 11.1 Å². The van der Waals surface area contributed by atoms with Gasteiger partial charge in [-0.3, -0.25) is 0 Å². The number of benzene rings is 1. The molecule has 0 amide bonds. The molecule has 0 bridgehead atoms. The molecule has 2 N–H and O–H groups in total. The van der Waals surface area contributed by atoms with Gasteiger partial charge in [-0.25, -0.2) is 9.98 Å². The standard InChI is InChI=1S/C18H25N5OS.HI/c1-14-11-15(2)13-16(12-14)24-9-3-20-17(19)22-5-7-23(8-6-22)18-21-4-10-25-18;/h4,10-13H,3,5-9H2,1-2H3,(H2,19,20);1H. The normalized spacial score (nSPS) is 14.9. The Balaban J connectivity index is 0.00000243. The van der Waals surface area contributed by atoms with Gasteiger partial charge in [0.05, 0.1) is 6.54 Å². The maximum atomic E-state index is 6.13.